The van der Waals surface area contributed by atoms with Gasteiger partial charge in [-0.1, -0.05) is 32.4 Å². The van der Waals surface area contributed by atoms with Gasteiger partial charge in [0.1, 0.15) is 18.2 Å². The molecule has 1 N–H and O–H groups in total. The fourth-order valence-electron chi connectivity index (χ4n) is 6.87. The largest absolute Gasteiger partial charge is 0.473 e. The van der Waals surface area contributed by atoms with Crippen molar-refractivity contribution < 1.29 is 31.8 Å². The molecule has 3 heterocycles. The first-order chi connectivity index (χ1) is 26.1. The number of carbonyl (C=O) groups excluding carboxylic acids is 1. The van der Waals surface area contributed by atoms with E-state index in [1.54, 1.807) is 30.3 Å². The molecule has 4 aromatic rings. The zero-order valence-corrected chi connectivity index (χ0v) is 32.5. The van der Waals surface area contributed by atoms with Gasteiger partial charge in [0, 0.05) is 34.8 Å². The van der Waals surface area contributed by atoms with Crippen molar-refractivity contribution in [3.05, 3.63) is 88.6 Å². The first kappa shape index (κ1) is 41.6. The highest BCUT2D eigenvalue weighted by atomic mass is 19.4. The van der Waals surface area contributed by atoms with Gasteiger partial charge in [-0.25, -0.2) is 14.4 Å². The topological polar surface area (TPSA) is 105 Å². The van der Waals surface area contributed by atoms with Gasteiger partial charge < -0.3 is 19.4 Å². The van der Waals surface area contributed by atoms with Gasteiger partial charge in [0.05, 0.1) is 53.4 Å². The van der Waals surface area contributed by atoms with Crippen molar-refractivity contribution in [2.45, 2.75) is 117 Å². The number of benzene rings is 2. The summed E-state index contributed by atoms with van der Waals surface area (Å²) in [6, 6.07) is 16.6. The molecule has 6 rings (SSSR count). The lowest BCUT2D eigenvalue weighted by molar-refractivity contribution is -0.202. The highest BCUT2D eigenvalue weighted by Gasteiger charge is 2.49. The van der Waals surface area contributed by atoms with Gasteiger partial charge in [0.25, 0.3) is 5.91 Å². The Morgan fingerprint density at radius 1 is 1.04 bits per heavy atom. The van der Waals surface area contributed by atoms with Crippen LogP contribution < -0.4 is 10.1 Å². The lowest BCUT2D eigenvalue weighted by atomic mass is 9.79. The minimum atomic E-state index is -4.25. The lowest BCUT2D eigenvalue weighted by Gasteiger charge is -2.39. The van der Waals surface area contributed by atoms with Crippen LogP contribution in [0.1, 0.15) is 119 Å². The number of hydrogen-bond acceptors (Lipinski definition) is 7. The fourth-order valence-corrected chi connectivity index (χ4v) is 6.87. The van der Waals surface area contributed by atoms with Crippen LogP contribution in [-0.4, -0.2) is 62.9 Å². The molecule has 0 unspecified atom stereocenters. The minimum Gasteiger partial charge on any atom is -0.473 e. The summed E-state index contributed by atoms with van der Waals surface area (Å²) in [7, 11) is 0. The Kier molecular flexibility index (Phi) is 13.6. The third-order valence-corrected chi connectivity index (χ3v) is 9.87. The van der Waals surface area contributed by atoms with Crippen LogP contribution in [0.3, 0.4) is 0 Å². The van der Waals surface area contributed by atoms with E-state index in [0.717, 1.165) is 31.6 Å². The van der Waals surface area contributed by atoms with Crippen molar-refractivity contribution in [2.75, 3.05) is 19.7 Å². The maximum Gasteiger partial charge on any atom is 0.391 e. The van der Waals surface area contributed by atoms with E-state index in [9.17, 15) is 22.4 Å². The molecule has 2 aromatic carbocycles. The maximum atomic E-state index is 14.3. The molecule has 9 nitrogen and oxygen atoms in total. The molecular weight excluding hydrogens is 712 g/mol. The lowest BCUT2D eigenvalue weighted by Crippen LogP contribution is -2.47. The average molecular weight is 765 g/mol. The quantitative estimate of drug-likeness (QED) is 0.144. The van der Waals surface area contributed by atoms with Gasteiger partial charge >= 0.3 is 6.18 Å². The molecule has 1 aliphatic carbocycles. The van der Waals surface area contributed by atoms with Gasteiger partial charge in [0.2, 0.25) is 5.88 Å². The summed E-state index contributed by atoms with van der Waals surface area (Å²) in [6.07, 6.45) is -1.43. The molecule has 13 heteroatoms. The zero-order valence-electron chi connectivity index (χ0n) is 32.5. The third kappa shape index (κ3) is 10.8. The summed E-state index contributed by atoms with van der Waals surface area (Å²) in [6.45, 7) is 14.1. The predicted molar refractivity (Wildman–Crippen MR) is 203 cm³/mol. The summed E-state index contributed by atoms with van der Waals surface area (Å²) in [5.41, 5.74) is 2.52. The van der Waals surface area contributed by atoms with Crippen molar-refractivity contribution in [3.63, 3.8) is 0 Å². The third-order valence-electron chi connectivity index (χ3n) is 9.87. The second-order valence-electron chi connectivity index (χ2n) is 15.5. The smallest absolute Gasteiger partial charge is 0.391 e. The molecular formula is C42H52F4N6O3. The van der Waals surface area contributed by atoms with Crippen molar-refractivity contribution in [1.82, 2.24) is 24.8 Å². The molecule has 2 fully saturated rings. The Morgan fingerprint density at radius 2 is 1.75 bits per heavy atom. The summed E-state index contributed by atoms with van der Waals surface area (Å²) >= 11 is 0. The number of ether oxygens (including phenoxy) is 2. The predicted octanol–water partition coefficient (Wildman–Crippen LogP) is 9.26. The Morgan fingerprint density at radius 3 is 2.38 bits per heavy atom. The Balaban J connectivity index is 0.00000187. The van der Waals surface area contributed by atoms with Crippen LogP contribution in [0.25, 0.3) is 11.0 Å². The van der Waals surface area contributed by atoms with E-state index in [1.807, 2.05) is 50.5 Å². The molecule has 0 bridgehead atoms. The Bertz CT molecular complexity index is 1960. The molecule has 2 aromatic heterocycles. The van der Waals surface area contributed by atoms with Gasteiger partial charge in [-0.3, -0.25) is 9.69 Å². The van der Waals surface area contributed by atoms with Gasteiger partial charge in [-0.15, -0.1) is 0 Å². The second kappa shape index (κ2) is 17.9. The number of nitriles is 1. The fraction of sp³-hybridized carbons (Fsp3) is 0.524. The molecule has 1 aliphatic heterocycles. The van der Waals surface area contributed by atoms with Gasteiger partial charge in [0.15, 0.2) is 0 Å². The molecule has 0 atom stereocenters. The highest BCUT2D eigenvalue weighted by Crippen LogP contribution is 2.48. The molecule has 1 saturated carbocycles. The molecule has 55 heavy (non-hydrogen) atoms. The van der Waals surface area contributed by atoms with Crippen LogP contribution in [-0.2, 0) is 17.9 Å². The molecule has 1 saturated heterocycles. The number of likely N-dealkylation sites (tertiary alicyclic amines) is 1. The minimum absolute atomic E-state index is 0.0108. The SMILES string of the molecule is CC(C)OCC(C)(C)NC(=O)c1ccc2nc(CN3CCC(c4cccc(OCc5ccc(C#N)cc5F)n4)CC3)n(C3CC(C(F)(F)F)C3)c2c1.CCC. The van der Waals surface area contributed by atoms with Crippen LogP contribution in [0.5, 0.6) is 5.88 Å². The maximum absolute atomic E-state index is 14.3. The standard InChI is InChI=1S/C39H44F4N6O3.C3H8/c1-24(2)52-23-38(3,4)47-37(50)27-10-11-33-34(17-27)49(30-18-29(19-30)39(41,42)43)35(45-33)21-48-14-12-26(13-15-48)32-6-5-7-36(46-32)51-22-28-9-8-25(20-44)16-31(28)40;1-3-2/h5-11,16-17,24,26,29-30H,12-15,18-19,21-23H2,1-4H3,(H,47,50);3H2,1-2H3. The molecule has 0 radical (unpaired) electrons. The normalized spacial score (nSPS) is 18.0. The summed E-state index contributed by atoms with van der Waals surface area (Å²) in [5.74, 6) is -0.919. The van der Waals surface area contributed by atoms with E-state index in [-0.39, 0.29) is 49.0 Å². The number of piperidine rings is 1. The van der Waals surface area contributed by atoms with Gasteiger partial charge in [-0.05, 0) is 103 Å². The molecule has 2 aliphatic rings. The average Bonchev–Trinajstić information content (AvgIpc) is 3.46. The summed E-state index contributed by atoms with van der Waals surface area (Å²) in [5, 5.41) is 12.0. The number of hydrogen-bond donors (Lipinski definition) is 1. The number of fused-ring (bicyclic) bond motifs is 1. The number of aromatic nitrogens is 3. The zero-order chi connectivity index (χ0) is 39.9. The van der Waals surface area contributed by atoms with Crippen LogP contribution in [0.4, 0.5) is 17.6 Å². The van der Waals surface area contributed by atoms with Crippen LogP contribution in [0, 0.1) is 23.1 Å². The number of imidazole rings is 1. The summed E-state index contributed by atoms with van der Waals surface area (Å²) < 4.78 is 68.5. The van der Waals surface area contributed by atoms with Crippen molar-refractivity contribution in [3.8, 4) is 11.9 Å². The van der Waals surface area contributed by atoms with Crippen LogP contribution >= 0.6 is 0 Å². The van der Waals surface area contributed by atoms with Crippen LogP contribution in [0.2, 0.25) is 0 Å². The monoisotopic (exact) mass is 764 g/mol. The van der Waals surface area contributed by atoms with E-state index in [1.165, 1.54) is 18.6 Å². The van der Waals surface area contributed by atoms with Crippen molar-refractivity contribution >= 4 is 16.9 Å². The highest BCUT2D eigenvalue weighted by molar-refractivity contribution is 5.98. The van der Waals surface area contributed by atoms with E-state index in [4.69, 9.17) is 24.7 Å². The first-order valence-electron chi connectivity index (χ1n) is 19.1. The van der Waals surface area contributed by atoms with E-state index < -0.39 is 23.5 Å². The van der Waals surface area contributed by atoms with E-state index in [0.29, 0.717) is 47.0 Å². The van der Waals surface area contributed by atoms with E-state index in [2.05, 4.69) is 24.1 Å². The molecule has 1 amide bonds. The van der Waals surface area contributed by atoms with Gasteiger partial charge in [-0.2, -0.15) is 18.4 Å². The number of amides is 1. The summed E-state index contributed by atoms with van der Waals surface area (Å²) in [4.78, 5) is 25.2. The van der Waals surface area contributed by atoms with Crippen molar-refractivity contribution in [2.24, 2.45) is 5.92 Å². The molecule has 296 valence electrons. The number of nitrogens with zero attached hydrogens (tertiary/aromatic N) is 5. The Hall–Kier alpha value is -4.54. The second-order valence-corrected chi connectivity index (χ2v) is 15.5. The van der Waals surface area contributed by atoms with Crippen LogP contribution in [0.15, 0.2) is 54.6 Å². The molecule has 0 spiro atoms. The number of alkyl halides is 3. The van der Waals surface area contributed by atoms with E-state index >= 15 is 0 Å². The first-order valence-corrected chi connectivity index (χ1v) is 19.1. The Labute approximate surface area is 321 Å². The number of rotatable bonds is 12. The number of halogens is 4. The van der Waals surface area contributed by atoms with Crippen molar-refractivity contribution in [1.29, 1.82) is 5.26 Å². The number of carbonyl (C=O) groups is 1. The number of pyridine rings is 1. The number of nitrogens with one attached hydrogen (secondary N) is 1.